The number of carbonyl (C=O) groups is 3. The van der Waals surface area contributed by atoms with Crippen LogP contribution >= 0.6 is 0 Å². The van der Waals surface area contributed by atoms with Gasteiger partial charge in [-0.1, -0.05) is 0 Å². The minimum atomic E-state index is -0.877. The molecule has 0 aliphatic heterocycles. The van der Waals surface area contributed by atoms with Gasteiger partial charge in [-0.25, -0.2) is 0 Å². The minimum absolute atomic E-state index is 0.0990. The molecule has 0 aromatic heterocycles. The summed E-state index contributed by atoms with van der Waals surface area (Å²) in [5.74, 6) is -1.53. The normalized spacial score (nSPS) is 13.9. The molecule has 0 saturated heterocycles. The first-order valence-electron chi connectivity index (χ1n) is 7.53. The van der Waals surface area contributed by atoms with Crippen LogP contribution in [-0.2, 0) is 14.4 Å². The van der Waals surface area contributed by atoms with Crippen LogP contribution in [0, 0.1) is 10.1 Å². The van der Waals surface area contributed by atoms with E-state index in [1.165, 1.54) is 45.0 Å². The molecule has 136 valence electrons. The van der Waals surface area contributed by atoms with E-state index in [-0.39, 0.29) is 5.69 Å². The van der Waals surface area contributed by atoms with Gasteiger partial charge in [-0.15, -0.1) is 0 Å². The SMILES string of the molecule is CC(N)C(=O)NC(C)C(=O)NC(C)C(=O)Nc1ccc([N+](=O)[O-])cc1. The second-order valence-corrected chi connectivity index (χ2v) is 5.54. The number of anilines is 1. The number of amides is 3. The quantitative estimate of drug-likeness (QED) is 0.396. The molecule has 0 fully saturated rings. The summed E-state index contributed by atoms with van der Waals surface area (Å²) in [6, 6.07) is 2.80. The van der Waals surface area contributed by atoms with Crippen molar-refractivity contribution in [3.05, 3.63) is 34.4 Å². The van der Waals surface area contributed by atoms with Gasteiger partial charge in [-0.2, -0.15) is 0 Å². The molecule has 10 heteroatoms. The van der Waals surface area contributed by atoms with Gasteiger partial charge in [0.15, 0.2) is 0 Å². The molecule has 1 aromatic rings. The predicted octanol–water partition coefficient (Wildman–Crippen LogP) is -0.110. The highest BCUT2D eigenvalue weighted by Gasteiger charge is 2.22. The number of nitro groups is 1. The fraction of sp³-hybridized carbons (Fsp3) is 0.400. The molecule has 25 heavy (non-hydrogen) atoms. The number of non-ortho nitro benzene ring substituents is 1. The van der Waals surface area contributed by atoms with Crippen molar-refractivity contribution in [3.8, 4) is 0 Å². The monoisotopic (exact) mass is 351 g/mol. The molecule has 0 heterocycles. The molecule has 0 saturated carbocycles. The Morgan fingerprint density at radius 1 is 0.960 bits per heavy atom. The summed E-state index contributed by atoms with van der Waals surface area (Å²) in [6.45, 7) is 4.43. The van der Waals surface area contributed by atoms with E-state index in [1.807, 2.05) is 0 Å². The van der Waals surface area contributed by atoms with Crippen molar-refractivity contribution >= 4 is 29.1 Å². The zero-order chi connectivity index (χ0) is 19.1. The number of rotatable bonds is 7. The Bertz CT molecular complexity index is 659. The molecule has 10 nitrogen and oxygen atoms in total. The van der Waals surface area contributed by atoms with Crippen LogP contribution in [0.25, 0.3) is 0 Å². The van der Waals surface area contributed by atoms with Crippen molar-refractivity contribution in [3.63, 3.8) is 0 Å². The molecule has 1 rings (SSSR count). The fourth-order valence-corrected chi connectivity index (χ4v) is 1.73. The van der Waals surface area contributed by atoms with Crippen LogP contribution in [0.2, 0.25) is 0 Å². The Balaban J connectivity index is 2.57. The van der Waals surface area contributed by atoms with Crippen LogP contribution in [0.4, 0.5) is 11.4 Å². The standard InChI is InChI=1S/C15H21N5O5/c1-8(16)13(21)17-9(2)14(22)18-10(3)15(23)19-11-4-6-12(7-5-11)20(24)25/h4-10H,16H2,1-3H3,(H,17,21)(H,18,22)(H,19,23). The average molecular weight is 351 g/mol. The van der Waals surface area contributed by atoms with Crippen LogP contribution < -0.4 is 21.7 Å². The molecule has 0 bridgehead atoms. The molecule has 3 unspecified atom stereocenters. The van der Waals surface area contributed by atoms with Crippen molar-refractivity contribution in [2.75, 3.05) is 5.32 Å². The summed E-state index contributed by atoms with van der Waals surface area (Å²) < 4.78 is 0. The van der Waals surface area contributed by atoms with Crippen molar-refractivity contribution in [2.45, 2.75) is 38.9 Å². The zero-order valence-electron chi connectivity index (χ0n) is 14.1. The van der Waals surface area contributed by atoms with Gasteiger partial charge in [0.05, 0.1) is 11.0 Å². The zero-order valence-corrected chi connectivity index (χ0v) is 14.1. The van der Waals surface area contributed by atoms with E-state index in [1.54, 1.807) is 0 Å². The molecule has 0 aliphatic carbocycles. The summed E-state index contributed by atoms with van der Waals surface area (Å²) >= 11 is 0. The predicted molar refractivity (Wildman–Crippen MR) is 90.6 cm³/mol. The average Bonchev–Trinajstić information content (AvgIpc) is 2.54. The summed E-state index contributed by atoms with van der Waals surface area (Å²) in [5.41, 5.74) is 5.66. The van der Waals surface area contributed by atoms with Crippen molar-refractivity contribution in [1.82, 2.24) is 10.6 Å². The van der Waals surface area contributed by atoms with Gasteiger partial charge in [0.25, 0.3) is 5.69 Å². The maximum atomic E-state index is 12.1. The fourth-order valence-electron chi connectivity index (χ4n) is 1.73. The lowest BCUT2D eigenvalue weighted by Crippen LogP contribution is -2.52. The van der Waals surface area contributed by atoms with Gasteiger partial charge in [0.1, 0.15) is 12.1 Å². The summed E-state index contributed by atoms with van der Waals surface area (Å²) in [6.07, 6.45) is 0. The van der Waals surface area contributed by atoms with Gasteiger partial charge < -0.3 is 21.7 Å². The Labute approximate surface area is 144 Å². The number of nitrogens with zero attached hydrogens (tertiary/aromatic N) is 1. The number of hydrogen-bond acceptors (Lipinski definition) is 6. The van der Waals surface area contributed by atoms with Crippen molar-refractivity contribution in [2.24, 2.45) is 5.73 Å². The van der Waals surface area contributed by atoms with E-state index in [2.05, 4.69) is 16.0 Å². The highest BCUT2D eigenvalue weighted by atomic mass is 16.6. The minimum Gasteiger partial charge on any atom is -0.343 e. The van der Waals surface area contributed by atoms with E-state index in [0.717, 1.165) is 0 Å². The lowest BCUT2D eigenvalue weighted by atomic mass is 10.2. The molecule has 3 atom stereocenters. The molecule has 0 aliphatic rings. The number of nitrogens with one attached hydrogen (secondary N) is 3. The molecular weight excluding hydrogens is 330 g/mol. The molecule has 1 aromatic carbocycles. The maximum absolute atomic E-state index is 12.1. The second-order valence-electron chi connectivity index (χ2n) is 5.54. The Hall–Kier alpha value is -3.01. The third-order valence-electron chi connectivity index (χ3n) is 3.26. The van der Waals surface area contributed by atoms with Gasteiger partial charge in [0.2, 0.25) is 17.7 Å². The van der Waals surface area contributed by atoms with E-state index in [0.29, 0.717) is 5.69 Å². The molecule has 0 radical (unpaired) electrons. The lowest BCUT2D eigenvalue weighted by Gasteiger charge is -2.19. The number of carbonyl (C=O) groups excluding carboxylic acids is 3. The largest absolute Gasteiger partial charge is 0.343 e. The van der Waals surface area contributed by atoms with Crippen LogP contribution in [0.3, 0.4) is 0 Å². The van der Waals surface area contributed by atoms with Crippen LogP contribution in [-0.4, -0.2) is 40.8 Å². The first kappa shape index (κ1) is 20.0. The Morgan fingerprint density at radius 3 is 1.92 bits per heavy atom. The van der Waals surface area contributed by atoms with Crippen LogP contribution in [0.15, 0.2) is 24.3 Å². The highest BCUT2D eigenvalue weighted by Crippen LogP contribution is 2.15. The molecule has 5 N–H and O–H groups in total. The topological polar surface area (TPSA) is 156 Å². The van der Waals surface area contributed by atoms with Crippen LogP contribution in [0.5, 0.6) is 0 Å². The first-order valence-corrected chi connectivity index (χ1v) is 7.53. The smallest absolute Gasteiger partial charge is 0.269 e. The van der Waals surface area contributed by atoms with Gasteiger partial charge >= 0.3 is 0 Å². The van der Waals surface area contributed by atoms with Crippen molar-refractivity contribution < 1.29 is 19.3 Å². The van der Waals surface area contributed by atoms with E-state index in [4.69, 9.17) is 5.73 Å². The lowest BCUT2D eigenvalue weighted by molar-refractivity contribution is -0.384. The van der Waals surface area contributed by atoms with E-state index < -0.39 is 40.8 Å². The number of nitro benzene ring substituents is 1. The van der Waals surface area contributed by atoms with Crippen molar-refractivity contribution in [1.29, 1.82) is 0 Å². The van der Waals surface area contributed by atoms with Gasteiger partial charge in [-0.3, -0.25) is 24.5 Å². The third kappa shape index (κ3) is 6.18. The van der Waals surface area contributed by atoms with E-state index >= 15 is 0 Å². The van der Waals surface area contributed by atoms with Gasteiger partial charge in [-0.05, 0) is 32.9 Å². The Morgan fingerprint density at radius 2 is 1.44 bits per heavy atom. The second kappa shape index (κ2) is 8.73. The highest BCUT2D eigenvalue weighted by molar-refractivity contribution is 5.98. The number of nitrogens with two attached hydrogens (primary N) is 1. The van der Waals surface area contributed by atoms with Crippen LogP contribution in [0.1, 0.15) is 20.8 Å². The number of hydrogen-bond donors (Lipinski definition) is 4. The Kier molecular flexibility index (Phi) is 7.00. The summed E-state index contributed by atoms with van der Waals surface area (Å²) in [4.78, 5) is 45.5. The maximum Gasteiger partial charge on any atom is 0.269 e. The van der Waals surface area contributed by atoms with Gasteiger partial charge in [0, 0.05) is 17.8 Å². The first-order chi connectivity index (χ1) is 11.6. The third-order valence-corrected chi connectivity index (χ3v) is 3.26. The summed E-state index contributed by atoms with van der Waals surface area (Å²) in [7, 11) is 0. The summed E-state index contributed by atoms with van der Waals surface area (Å²) in [5, 5.41) is 18.0. The van der Waals surface area contributed by atoms with E-state index in [9.17, 15) is 24.5 Å². The molecular formula is C15H21N5O5. The molecule has 3 amide bonds. The number of benzene rings is 1. The molecule has 0 spiro atoms.